The number of hydrogen-bond donors (Lipinski definition) is 0. The van der Waals surface area contributed by atoms with Crippen LogP contribution in [0, 0.1) is 6.92 Å². The van der Waals surface area contributed by atoms with Gasteiger partial charge >= 0.3 is 0 Å². The molecule has 0 atom stereocenters. The third-order valence-electron chi connectivity index (χ3n) is 4.04. The summed E-state index contributed by atoms with van der Waals surface area (Å²) >= 11 is 3.58. The van der Waals surface area contributed by atoms with Gasteiger partial charge in [-0.1, -0.05) is 22.9 Å². The molecule has 0 saturated carbocycles. The van der Waals surface area contributed by atoms with E-state index in [1.165, 1.54) is 11.1 Å². The van der Waals surface area contributed by atoms with Crippen molar-refractivity contribution in [2.24, 2.45) is 0 Å². The monoisotopic (exact) mass is 333 g/mol. The van der Waals surface area contributed by atoms with Crippen molar-refractivity contribution in [3.05, 3.63) is 34.4 Å². The van der Waals surface area contributed by atoms with E-state index >= 15 is 0 Å². The van der Waals surface area contributed by atoms with Gasteiger partial charge in [-0.3, -0.25) is 4.98 Å². The van der Waals surface area contributed by atoms with Gasteiger partial charge in [-0.15, -0.1) is 0 Å². The summed E-state index contributed by atoms with van der Waals surface area (Å²) in [4.78, 5) is 9.64. The summed E-state index contributed by atoms with van der Waals surface area (Å²) in [5, 5.41) is 1.25. The van der Waals surface area contributed by atoms with Gasteiger partial charge in [-0.05, 0) is 37.7 Å². The maximum Gasteiger partial charge on any atom is 0.0726 e. The Labute approximate surface area is 128 Å². The van der Waals surface area contributed by atoms with Crippen molar-refractivity contribution in [2.45, 2.75) is 13.8 Å². The van der Waals surface area contributed by atoms with Crippen LogP contribution in [0.3, 0.4) is 0 Å². The second-order valence-electron chi connectivity index (χ2n) is 5.37. The summed E-state index contributed by atoms with van der Waals surface area (Å²) in [5.41, 5.74) is 3.50. The number of pyridine rings is 1. The first-order valence-corrected chi connectivity index (χ1v) is 8.01. The molecule has 4 heteroatoms. The van der Waals surface area contributed by atoms with Crippen molar-refractivity contribution < 1.29 is 0 Å². The minimum atomic E-state index is 1.08. The van der Waals surface area contributed by atoms with E-state index < -0.39 is 0 Å². The number of hydrogen-bond acceptors (Lipinski definition) is 3. The molecule has 1 saturated heterocycles. The fourth-order valence-corrected chi connectivity index (χ4v) is 3.24. The average Bonchev–Trinajstić information content (AvgIpc) is 2.47. The van der Waals surface area contributed by atoms with Crippen molar-refractivity contribution in [3.63, 3.8) is 0 Å². The first-order chi connectivity index (χ1) is 9.67. The minimum absolute atomic E-state index is 1.08. The van der Waals surface area contributed by atoms with E-state index in [1.807, 2.05) is 0 Å². The van der Waals surface area contributed by atoms with Crippen LogP contribution in [-0.4, -0.2) is 42.6 Å². The van der Waals surface area contributed by atoms with Crippen LogP contribution in [0.5, 0.6) is 0 Å². The van der Waals surface area contributed by atoms with Crippen molar-refractivity contribution in [3.8, 4) is 0 Å². The van der Waals surface area contributed by atoms with Gasteiger partial charge in [0.05, 0.1) is 5.52 Å². The molecule has 3 rings (SSSR count). The van der Waals surface area contributed by atoms with E-state index in [0.717, 1.165) is 48.4 Å². The van der Waals surface area contributed by atoms with Crippen molar-refractivity contribution in [1.29, 1.82) is 0 Å². The van der Waals surface area contributed by atoms with Gasteiger partial charge in [0, 0.05) is 47.4 Å². The highest BCUT2D eigenvalue weighted by atomic mass is 79.9. The first-order valence-electron chi connectivity index (χ1n) is 7.21. The molecule has 0 N–H and O–H groups in total. The summed E-state index contributed by atoms with van der Waals surface area (Å²) < 4.78 is 1.11. The molecule has 1 aliphatic heterocycles. The highest BCUT2D eigenvalue weighted by Crippen LogP contribution is 2.29. The molecule has 20 heavy (non-hydrogen) atoms. The molecule has 0 radical (unpaired) electrons. The molecule has 0 spiro atoms. The lowest BCUT2D eigenvalue weighted by atomic mass is 10.1. The number of aryl methyl sites for hydroxylation is 1. The first kappa shape index (κ1) is 13.8. The number of rotatable bonds is 2. The highest BCUT2D eigenvalue weighted by molar-refractivity contribution is 9.10. The van der Waals surface area contributed by atoms with E-state index in [4.69, 9.17) is 0 Å². The number of anilines is 1. The third-order valence-corrected chi connectivity index (χ3v) is 4.53. The van der Waals surface area contributed by atoms with Crippen molar-refractivity contribution in [1.82, 2.24) is 9.88 Å². The maximum absolute atomic E-state index is 4.65. The van der Waals surface area contributed by atoms with Gasteiger partial charge in [0.15, 0.2) is 0 Å². The molecule has 1 aliphatic rings. The van der Waals surface area contributed by atoms with E-state index in [2.05, 4.69) is 68.8 Å². The van der Waals surface area contributed by atoms with Crippen LogP contribution in [0.4, 0.5) is 5.69 Å². The van der Waals surface area contributed by atoms with Crippen LogP contribution >= 0.6 is 15.9 Å². The smallest absolute Gasteiger partial charge is 0.0726 e. The van der Waals surface area contributed by atoms with Crippen LogP contribution < -0.4 is 4.90 Å². The lowest BCUT2D eigenvalue weighted by Gasteiger charge is -2.36. The summed E-state index contributed by atoms with van der Waals surface area (Å²) in [7, 11) is 0. The molecular weight excluding hydrogens is 314 g/mol. The predicted octanol–water partition coefficient (Wildman–Crippen LogP) is 3.45. The predicted molar refractivity (Wildman–Crippen MR) is 88.5 cm³/mol. The number of aromatic nitrogens is 1. The molecule has 0 amide bonds. The zero-order valence-electron chi connectivity index (χ0n) is 12.1. The Morgan fingerprint density at radius 2 is 1.90 bits per heavy atom. The molecule has 106 valence electrons. The van der Waals surface area contributed by atoms with E-state index in [1.54, 1.807) is 0 Å². The van der Waals surface area contributed by atoms with E-state index in [9.17, 15) is 0 Å². The minimum Gasteiger partial charge on any atom is -0.368 e. The molecule has 0 unspecified atom stereocenters. The Hall–Kier alpha value is -1.13. The van der Waals surface area contributed by atoms with Crippen LogP contribution in [0.2, 0.25) is 0 Å². The van der Waals surface area contributed by atoms with Crippen molar-refractivity contribution in [2.75, 3.05) is 37.6 Å². The molecule has 0 aliphatic carbocycles. The van der Waals surface area contributed by atoms with Gasteiger partial charge in [-0.2, -0.15) is 0 Å². The Morgan fingerprint density at radius 3 is 2.60 bits per heavy atom. The Morgan fingerprint density at radius 1 is 1.15 bits per heavy atom. The normalized spacial score (nSPS) is 16.9. The molecule has 3 nitrogen and oxygen atoms in total. The molecular formula is C16H20BrN3. The number of piperazine rings is 1. The second-order valence-corrected chi connectivity index (χ2v) is 6.28. The van der Waals surface area contributed by atoms with Crippen LogP contribution in [0.1, 0.15) is 12.6 Å². The summed E-state index contributed by atoms with van der Waals surface area (Å²) in [6.07, 6.45) is 0. The zero-order valence-corrected chi connectivity index (χ0v) is 13.7. The van der Waals surface area contributed by atoms with Gasteiger partial charge in [0.25, 0.3) is 0 Å². The van der Waals surface area contributed by atoms with Gasteiger partial charge in [0.1, 0.15) is 0 Å². The van der Waals surface area contributed by atoms with E-state index in [0.29, 0.717) is 0 Å². The molecule has 0 bridgehead atoms. The number of fused-ring (bicyclic) bond motifs is 1. The Bertz CT molecular complexity index is 618. The number of likely N-dealkylation sites (N-methyl/N-ethyl adjacent to an activating group) is 1. The highest BCUT2D eigenvalue weighted by Gasteiger charge is 2.18. The van der Waals surface area contributed by atoms with E-state index in [-0.39, 0.29) is 0 Å². The SMILES string of the molecule is CCN1CCN(c2cc(C)nc3ccc(Br)cc23)CC1. The Balaban J connectivity index is 2.00. The lowest BCUT2D eigenvalue weighted by Crippen LogP contribution is -2.46. The second kappa shape index (κ2) is 5.70. The quantitative estimate of drug-likeness (QED) is 0.839. The van der Waals surface area contributed by atoms with Crippen LogP contribution in [-0.2, 0) is 0 Å². The fourth-order valence-electron chi connectivity index (χ4n) is 2.88. The van der Waals surface area contributed by atoms with Gasteiger partial charge in [-0.25, -0.2) is 0 Å². The Kier molecular flexibility index (Phi) is 3.94. The van der Waals surface area contributed by atoms with Crippen LogP contribution in [0.15, 0.2) is 28.7 Å². The summed E-state index contributed by atoms with van der Waals surface area (Å²) in [6.45, 7) is 9.94. The largest absolute Gasteiger partial charge is 0.368 e. The average molecular weight is 334 g/mol. The van der Waals surface area contributed by atoms with Gasteiger partial charge in [0.2, 0.25) is 0 Å². The van der Waals surface area contributed by atoms with Gasteiger partial charge < -0.3 is 9.80 Å². The van der Waals surface area contributed by atoms with Crippen LogP contribution in [0.25, 0.3) is 10.9 Å². The molecule has 1 fully saturated rings. The topological polar surface area (TPSA) is 19.4 Å². The maximum atomic E-state index is 4.65. The van der Waals surface area contributed by atoms with Crippen molar-refractivity contribution >= 4 is 32.5 Å². The molecule has 1 aromatic heterocycles. The lowest BCUT2D eigenvalue weighted by molar-refractivity contribution is 0.271. The number of nitrogens with zero attached hydrogens (tertiary/aromatic N) is 3. The fraction of sp³-hybridized carbons (Fsp3) is 0.438. The zero-order chi connectivity index (χ0) is 14.1. The molecule has 1 aromatic carbocycles. The summed E-state index contributed by atoms with van der Waals surface area (Å²) in [5.74, 6) is 0. The molecule has 2 heterocycles. The standard InChI is InChI=1S/C16H20BrN3/c1-3-19-6-8-20(9-7-19)16-10-12(2)18-15-5-4-13(17)11-14(15)16/h4-5,10-11H,3,6-9H2,1-2H3. The number of benzene rings is 1. The number of halogens is 1. The molecule has 2 aromatic rings. The third kappa shape index (κ3) is 2.67. The summed E-state index contributed by atoms with van der Waals surface area (Å²) in [6, 6.07) is 8.56.